The van der Waals surface area contributed by atoms with Crippen molar-refractivity contribution in [2.45, 2.75) is 52.2 Å². The molecule has 0 spiro atoms. The molecule has 14 heavy (non-hydrogen) atoms. The lowest BCUT2D eigenvalue weighted by Gasteiger charge is -2.51. The second kappa shape index (κ2) is 3.21. The molecule has 82 valence electrons. The Bertz CT molecular complexity index is 217. The van der Waals surface area contributed by atoms with Gasteiger partial charge in [-0.2, -0.15) is 0 Å². The van der Waals surface area contributed by atoms with Gasteiger partial charge in [-0.15, -0.1) is 0 Å². The molecule has 0 aromatic carbocycles. The molecule has 0 aliphatic carbocycles. The molecule has 2 unspecified atom stereocenters. The highest BCUT2D eigenvalue weighted by Gasteiger charge is 2.49. The first-order valence-electron chi connectivity index (χ1n) is 5.90. The molecule has 2 aliphatic rings. The number of nitrogens with zero attached hydrogens (tertiary/aromatic N) is 2. The summed E-state index contributed by atoms with van der Waals surface area (Å²) in [6, 6.07) is 1.57. The Morgan fingerprint density at radius 3 is 2.21 bits per heavy atom. The van der Waals surface area contributed by atoms with Crippen molar-refractivity contribution in [1.29, 1.82) is 0 Å². The topological polar surface area (TPSA) is 6.48 Å². The van der Waals surface area contributed by atoms with E-state index < -0.39 is 0 Å². The molecule has 2 atom stereocenters. The monoisotopic (exact) mass is 196 g/mol. The van der Waals surface area contributed by atoms with Gasteiger partial charge in [-0.05, 0) is 34.6 Å². The van der Waals surface area contributed by atoms with Gasteiger partial charge >= 0.3 is 0 Å². The standard InChI is InChI=1S/C12H24N2/c1-9(2)13-6-10-7-14(11(10)8-13)12(3,4)5/h9-11H,6-8H2,1-5H3. The molecule has 2 aliphatic heterocycles. The van der Waals surface area contributed by atoms with Gasteiger partial charge in [0.15, 0.2) is 0 Å². The van der Waals surface area contributed by atoms with E-state index >= 15 is 0 Å². The zero-order valence-electron chi connectivity index (χ0n) is 10.2. The molecule has 0 saturated carbocycles. The minimum absolute atomic E-state index is 0.369. The minimum atomic E-state index is 0.369. The molecule has 2 heterocycles. The molecule has 2 nitrogen and oxygen atoms in total. The Kier molecular flexibility index (Phi) is 2.39. The minimum Gasteiger partial charge on any atom is -0.299 e. The summed E-state index contributed by atoms with van der Waals surface area (Å²) in [6.45, 7) is 15.6. The van der Waals surface area contributed by atoms with Crippen molar-refractivity contribution in [3.8, 4) is 0 Å². The zero-order valence-corrected chi connectivity index (χ0v) is 10.2. The molecule has 2 rings (SSSR count). The van der Waals surface area contributed by atoms with Crippen LogP contribution in [0.2, 0.25) is 0 Å². The van der Waals surface area contributed by atoms with Gasteiger partial charge < -0.3 is 0 Å². The van der Waals surface area contributed by atoms with E-state index in [9.17, 15) is 0 Å². The van der Waals surface area contributed by atoms with E-state index in [-0.39, 0.29) is 0 Å². The fourth-order valence-electron chi connectivity index (χ4n) is 2.86. The quantitative estimate of drug-likeness (QED) is 0.631. The van der Waals surface area contributed by atoms with Crippen LogP contribution >= 0.6 is 0 Å². The summed E-state index contributed by atoms with van der Waals surface area (Å²) in [6.07, 6.45) is 0. The summed E-state index contributed by atoms with van der Waals surface area (Å²) >= 11 is 0. The maximum absolute atomic E-state index is 2.67. The third-order valence-corrected chi connectivity index (χ3v) is 3.86. The van der Waals surface area contributed by atoms with E-state index in [0.29, 0.717) is 5.54 Å². The van der Waals surface area contributed by atoms with Crippen molar-refractivity contribution in [3.05, 3.63) is 0 Å². The first-order valence-corrected chi connectivity index (χ1v) is 5.90. The van der Waals surface area contributed by atoms with E-state index in [0.717, 1.165) is 18.0 Å². The number of rotatable bonds is 1. The van der Waals surface area contributed by atoms with Crippen LogP contribution in [0, 0.1) is 5.92 Å². The van der Waals surface area contributed by atoms with Crippen LogP contribution in [0.15, 0.2) is 0 Å². The first-order chi connectivity index (χ1) is 6.39. The van der Waals surface area contributed by atoms with Crippen molar-refractivity contribution in [2.24, 2.45) is 5.92 Å². The summed E-state index contributed by atoms with van der Waals surface area (Å²) in [5.41, 5.74) is 0.369. The molecule has 0 bridgehead atoms. The average molecular weight is 196 g/mol. The molecule has 2 heteroatoms. The smallest absolute Gasteiger partial charge is 0.0281 e. The predicted molar refractivity (Wildman–Crippen MR) is 60.4 cm³/mol. The highest BCUT2D eigenvalue weighted by Crippen LogP contribution is 2.37. The molecule has 0 amide bonds. The van der Waals surface area contributed by atoms with Gasteiger partial charge in [-0.1, -0.05) is 0 Å². The molecular formula is C12H24N2. The van der Waals surface area contributed by atoms with E-state index in [2.05, 4.69) is 44.4 Å². The van der Waals surface area contributed by atoms with Crippen LogP contribution in [0.25, 0.3) is 0 Å². The van der Waals surface area contributed by atoms with Crippen molar-refractivity contribution >= 4 is 0 Å². The fourth-order valence-corrected chi connectivity index (χ4v) is 2.86. The molecule has 0 N–H and O–H groups in total. The second-order valence-corrected chi connectivity index (χ2v) is 6.20. The van der Waals surface area contributed by atoms with Gasteiger partial charge in [0.05, 0.1) is 0 Å². The van der Waals surface area contributed by atoms with Crippen LogP contribution in [0.5, 0.6) is 0 Å². The maximum atomic E-state index is 2.67. The third kappa shape index (κ3) is 1.59. The Balaban J connectivity index is 1.96. The van der Waals surface area contributed by atoms with Crippen molar-refractivity contribution < 1.29 is 0 Å². The van der Waals surface area contributed by atoms with Gasteiger partial charge in [0.1, 0.15) is 0 Å². The van der Waals surface area contributed by atoms with Crippen molar-refractivity contribution in [1.82, 2.24) is 9.80 Å². The highest BCUT2D eigenvalue weighted by molar-refractivity contribution is 5.04. The van der Waals surface area contributed by atoms with Gasteiger partial charge in [-0.25, -0.2) is 0 Å². The Hall–Kier alpha value is -0.0800. The molecular weight excluding hydrogens is 172 g/mol. The normalized spacial score (nSPS) is 34.7. The molecule has 2 fully saturated rings. The summed E-state index contributed by atoms with van der Waals surface area (Å²) < 4.78 is 0. The van der Waals surface area contributed by atoms with Gasteiger partial charge in [0.2, 0.25) is 0 Å². The predicted octanol–water partition coefficient (Wildman–Crippen LogP) is 1.81. The maximum Gasteiger partial charge on any atom is 0.0281 e. The van der Waals surface area contributed by atoms with Crippen LogP contribution in [-0.2, 0) is 0 Å². The SMILES string of the molecule is CC(C)N1CC2CN(C(C)(C)C)C2C1. The third-order valence-electron chi connectivity index (χ3n) is 3.86. The Morgan fingerprint density at radius 1 is 1.07 bits per heavy atom. The van der Waals surface area contributed by atoms with Crippen molar-refractivity contribution in [2.75, 3.05) is 19.6 Å². The summed E-state index contributed by atoms with van der Waals surface area (Å²) in [4.78, 5) is 5.29. The molecule has 0 aromatic heterocycles. The summed E-state index contributed by atoms with van der Waals surface area (Å²) in [5, 5.41) is 0. The lowest BCUT2D eigenvalue weighted by Crippen LogP contribution is -2.62. The average Bonchev–Trinajstić information content (AvgIpc) is 2.25. The molecule has 0 radical (unpaired) electrons. The summed E-state index contributed by atoms with van der Waals surface area (Å²) in [5.74, 6) is 0.955. The first kappa shape index (κ1) is 10.4. The number of likely N-dealkylation sites (tertiary alicyclic amines) is 2. The number of hydrogen-bond donors (Lipinski definition) is 0. The van der Waals surface area contributed by atoms with Gasteiger partial charge in [0, 0.05) is 43.2 Å². The Morgan fingerprint density at radius 2 is 1.71 bits per heavy atom. The van der Waals surface area contributed by atoms with Crippen LogP contribution in [0.1, 0.15) is 34.6 Å². The number of hydrogen-bond acceptors (Lipinski definition) is 2. The van der Waals surface area contributed by atoms with E-state index in [1.807, 2.05) is 0 Å². The van der Waals surface area contributed by atoms with Crippen LogP contribution in [0.3, 0.4) is 0 Å². The van der Waals surface area contributed by atoms with Crippen LogP contribution in [0.4, 0.5) is 0 Å². The van der Waals surface area contributed by atoms with Gasteiger partial charge in [0.25, 0.3) is 0 Å². The fraction of sp³-hybridized carbons (Fsp3) is 1.00. The lowest BCUT2D eigenvalue weighted by molar-refractivity contribution is -0.0269. The lowest BCUT2D eigenvalue weighted by atomic mass is 9.86. The second-order valence-electron chi connectivity index (χ2n) is 6.20. The van der Waals surface area contributed by atoms with E-state index in [4.69, 9.17) is 0 Å². The molecule has 0 aromatic rings. The van der Waals surface area contributed by atoms with Gasteiger partial charge in [-0.3, -0.25) is 9.80 Å². The number of fused-ring (bicyclic) bond motifs is 1. The Labute approximate surface area is 88.3 Å². The zero-order chi connectivity index (χ0) is 10.5. The van der Waals surface area contributed by atoms with Crippen LogP contribution in [-0.4, -0.2) is 47.1 Å². The van der Waals surface area contributed by atoms with Crippen LogP contribution < -0.4 is 0 Å². The van der Waals surface area contributed by atoms with E-state index in [1.54, 1.807) is 0 Å². The van der Waals surface area contributed by atoms with Crippen molar-refractivity contribution in [3.63, 3.8) is 0 Å². The van der Waals surface area contributed by atoms with E-state index in [1.165, 1.54) is 19.6 Å². The molecule has 2 saturated heterocycles. The largest absolute Gasteiger partial charge is 0.299 e. The highest BCUT2D eigenvalue weighted by atomic mass is 15.4. The summed E-state index contributed by atoms with van der Waals surface area (Å²) in [7, 11) is 0.